The molecule has 1 saturated heterocycles. The number of hydrogen-bond donors (Lipinski definition) is 0. The number of allylic oxidation sites excluding steroid dienone is 1. The first-order valence-electron chi connectivity index (χ1n) is 9.47. The molecule has 1 aromatic heterocycles. The number of sulfone groups is 1. The molecule has 0 amide bonds. The molecular weight excluding hydrogens is 376 g/mol. The molecule has 0 radical (unpaired) electrons. The maximum atomic E-state index is 13.0. The molecule has 0 saturated carbocycles. The number of Topliss-reactive ketones (excluding diaryl/α,β-unsaturated/α-hetero) is 1. The first-order chi connectivity index (χ1) is 13.3. The zero-order valence-corrected chi connectivity index (χ0v) is 17.2. The number of methoxy groups -OCH3 is 1. The van der Waals surface area contributed by atoms with Gasteiger partial charge in [-0.05, 0) is 62.9 Å². The predicted octanol–water partition coefficient (Wildman–Crippen LogP) is 3.08. The number of aryl methyl sites for hydroxylation is 2. The molecule has 2 heterocycles. The summed E-state index contributed by atoms with van der Waals surface area (Å²) in [6.45, 7) is 3.86. The third-order valence-electron chi connectivity index (χ3n) is 5.77. The second-order valence-electron chi connectivity index (χ2n) is 7.61. The van der Waals surface area contributed by atoms with Crippen molar-refractivity contribution in [2.75, 3.05) is 18.6 Å². The number of aromatic nitrogens is 2. The van der Waals surface area contributed by atoms with Crippen LogP contribution in [0.2, 0.25) is 0 Å². The van der Waals surface area contributed by atoms with Crippen molar-refractivity contribution in [2.45, 2.75) is 39.2 Å². The van der Waals surface area contributed by atoms with Crippen LogP contribution < -0.4 is 4.74 Å². The Morgan fingerprint density at radius 3 is 2.71 bits per heavy atom. The molecule has 7 heteroatoms. The summed E-state index contributed by atoms with van der Waals surface area (Å²) in [6.07, 6.45) is 3.99. The van der Waals surface area contributed by atoms with Crippen molar-refractivity contribution in [1.82, 2.24) is 9.78 Å². The summed E-state index contributed by atoms with van der Waals surface area (Å²) >= 11 is 0. The predicted molar refractivity (Wildman–Crippen MR) is 108 cm³/mol. The topological polar surface area (TPSA) is 78.3 Å². The lowest BCUT2D eigenvalue weighted by Crippen LogP contribution is -2.15. The quantitative estimate of drug-likeness (QED) is 0.740. The van der Waals surface area contributed by atoms with E-state index in [1.54, 1.807) is 7.11 Å². The highest BCUT2D eigenvalue weighted by Gasteiger charge is 2.31. The van der Waals surface area contributed by atoms with Crippen LogP contribution in [0.1, 0.15) is 51.8 Å². The average Bonchev–Trinajstić information content (AvgIpc) is 3.16. The van der Waals surface area contributed by atoms with Gasteiger partial charge in [-0.15, -0.1) is 0 Å². The Morgan fingerprint density at radius 1 is 1.25 bits per heavy atom. The maximum absolute atomic E-state index is 13.0. The number of carbonyl (C=O) groups excluding carboxylic acids is 1. The summed E-state index contributed by atoms with van der Waals surface area (Å²) in [4.78, 5) is 13.0. The Bertz CT molecular complexity index is 1100. The molecule has 0 spiro atoms. The SMILES string of the molecule is COc1ccc2c(c1)CC/C(=C\c1c(C)nn([C@H]3CCS(=O)(=O)C3)c1C)C2=O. The van der Waals surface area contributed by atoms with Crippen molar-refractivity contribution < 1.29 is 17.9 Å². The van der Waals surface area contributed by atoms with E-state index in [4.69, 9.17) is 4.74 Å². The van der Waals surface area contributed by atoms with Crippen LogP contribution in [-0.4, -0.2) is 42.6 Å². The van der Waals surface area contributed by atoms with E-state index in [0.717, 1.165) is 45.8 Å². The van der Waals surface area contributed by atoms with E-state index in [1.165, 1.54) is 0 Å². The van der Waals surface area contributed by atoms with E-state index in [9.17, 15) is 13.2 Å². The van der Waals surface area contributed by atoms with Crippen LogP contribution in [-0.2, 0) is 16.3 Å². The lowest BCUT2D eigenvalue weighted by molar-refractivity contribution is 0.102. The van der Waals surface area contributed by atoms with Gasteiger partial charge in [-0.25, -0.2) is 8.42 Å². The normalized spacial score (nSPS) is 22.5. The van der Waals surface area contributed by atoms with Crippen molar-refractivity contribution in [3.63, 3.8) is 0 Å². The molecule has 28 heavy (non-hydrogen) atoms. The fraction of sp³-hybridized carbons (Fsp3) is 0.429. The summed E-state index contributed by atoms with van der Waals surface area (Å²) in [6, 6.07) is 5.45. The number of nitrogens with zero attached hydrogens (tertiary/aromatic N) is 2. The zero-order chi connectivity index (χ0) is 20.1. The molecule has 1 atom stereocenters. The molecule has 6 nitrogen and oxygen atoms in total. The number of fused-ring (bicyclic) bond motifs is 1. The standard InChI is InChI=1S/C21H24N2O4S/c1-13-20(14(2)23(22-13)17-8-9-28(25,26)12-17)11-16-5-4-15-10-18(27-3)6-7-19(15)21(16)24/h6-7,10-11,17H,4-5,8-9,12H2,1-3H3/b16-11+/t17-/m0/s1. The van der Waals surface area contributed by atoms with Gasteiger partial charge in [0.05, 0.1) is 30.4 Å². The summed E-state index contributed by atoms with van der Waals surface area (Å²) in [5.41, 5.74) is 5.17. The molecule has 4 rings (SSSR count). The minimum Gasteiger partial charge on any atom is -0.497 e. The Morgan fingerprint density at radius 2 is 2.04 bits per heavy atom. The highest BCUT2D eigenvalue weighted by molar-refractivity contribution is 7.91. The van der Waals surface area contributed by atoms with Gasteiger partial charge in [0.25, 0.3) is 0 Å². The maximum Gasteiger partial charge on any atom is 0.189 e. The van der Waals surface area contributed by atoms with Gasteiger partial charge in [0, 0.05) is 22.4 Å². The Labute approximate surface area is 165 Å². The first-order valence-corrected chi connectivity index (χ1v) is 11.3. The Kier molecular flexibility index (Phi) is 4.65. The van der Waals surface area contributed by atoms with Crippen LogP contribution in [0, 0.1) is 13.8 Å². The summed E-state index contributed by atoms with van der Waals surface area (Å²) in [5, 5.41) is 4.60. The van der Waals surface area contributed by atoms with E-state index in [0.29, 0.717) is 12.8 Å². The van der Waals surface area contributed by atoms with Gasteiger partial charge < -0.3 is 4.74 Å². The van der Waals surface area contributed by atoms with Gasteiger partial charge in [-0.1, -0.05) is 0 Å². The molecular formula is C21H24N2O4S. The van der Waals surface area contributed by atoms with Gasteiger partial charge in [0.2, 0.25) is 0 Å². The molecule has 1 aliphatic carbocycles. The van der Waals surface area contributed by atoms with Crippen LogP contribution in [0.4, 0.5) is 0 Å². The third-order valence-corrected chi connectivity index (χ3v) is 7.52. The van der Waals surface area contributed by atoms with Crippen LogP contribution in [0.25, 0.3) is 6.08 Å². The highest BCUT2D eigenvalue weighted by atomic mass is 32.2. The summed E-state index contributed by atoms with van der Waals surface area (Å²) in [5.74, 6) is 1.15. The number of rotatable bonds is 3. The van der Waals surface area contributed by atoms with E-state index >= 15 is 0 Å². The van der Waals surface area contributed by atoms with E-state index in [2.05, 4.69) is 5.10 Å². The fourth-order valence-corrected chi connectivity index (χ4v) is 5.89. The van der Waals surface area contributed by atoms with Crippen molar-refractivity contribution in [2.24, 2.45) is 0 Å². The van der Waals surface area contributed by atoms with Crippen LogP contribution in [0.3, 0.4) is 0 Å². The van der Waals surface area contributed by atoms with Crippen molar-refractivity contribution in [3.05, 3.63) is 51.9 Å². The van der Waals surface area contributed by atoms with E-state index in [-0.39, 0.29) is 23.3 Å². The average molecular weight is 401 g/mol. The summed E-state index contributed by atoms with van der Waals surface area (Å²) < 4.78 is 30.8. The molecule has 1 fully saturated rings. The van der Waals surface area contributed by atoms with Crippen molar-refractivity contribution in [1.29, 1.82) is 0 Å². The second kappa shape index (κ2) is 6.88. The Hall–Kier alpha value is -2.41. The summed E-state index contributed by atoms with van der Waals surface area (Å²) in [7, 11) is -1.36. The molecule has 0 N–H and O–H groups in total. The molecule has 1 aliphatic heterocycles. The molecule has 0 bridgehead atoms. The van der Waals surface area contributed by atoms with Crippen LogP contribution >= 0.6 is 0 Å². The number of carbonyl (C=O) groups is 1. The van der Waals surface area contributed by atoms with Crippen LogP contribution in [0.15, 0.2) is 23.8 Å². The largest absolute Gasteiger partial charge is 0.497 e. The minimum atomic E-state index is -2.98. The number of ketones is 1. The molecule has 0 unspecified atom stereocenters. The number of benzene rings is 1. The van der Waals surface area contributed by atoms with Gasteiger partial charge in [0.1, 0.15) is 5.75 Å². The smallest absolute Gasteiger partial charge is 0.189 e. The third kappa shape index (κ3) is 3.28. The lowest BCUT2D eigenvalue weighted by atomic mass is 9.85. The van der Waals surface area contributed by atoms with Gasteiger partial charge in [0.15, 0.2) is 15.6 Å². The minimum absolute atomic E-state index is 0.0406. The lowest BCUT2D eigenvalue weighted by Gasteiger charge is -2.18. The number of ether oxygens (including phenoxy) is 1. The fourth-order valence-electron chi connectivity index (χ4n) is 4.20. The number of hydrogen-bond acceptors (Lipinski definition) is 5. The second-order valence-corrected chi connectivity index (χ2v) is 9.84. The van der Waals surface area contributed by atoms with Crippen LogP contribution in [0.5, 0.6) is 5.75 Å². The van der Waals surface area contributed by atoms with Gasteiger partial charge in [-0.3, -0.25) is 9.48 Å². The highest BCUT2D eigenvalue weighted by Crippen LogP contribution is 2.32. The Balaban J connectivity index is 1.67. The monoisotopic (exact) mass is 400 g/mol. The van der Waals surface area contributed by atoms with Crippen molar-refractivity contribution >= 4 is 21.7 Å². The molecule has 148 valence electrons. The van der Waals surface area contributed by atoms with E-state index < -0.39 is 9.84 Å². The van der Waals surface area contributed by atoms with E-state index in [1.807, 2.05) is 42.8 Å². The molecule has 2 aliphatic rings. The first kappa shape index (κ1) is 18.9. The molecule has 1 aromatic carbocycles. The van der Waals surface area contributed by atoms with Gasteiger partial charge >= 0.3 is 0 Å². The van der Waals surface area contributed by atoms with Crippen molar-refractivity contribution in [3.8, 4) is 5.75 Å². The van der Waals surface area contributed by atoms with Gasteiger partial charge in [-0.2, -0.15) is 5.10 Å². The zero-order valence-electron chi connectivity index (χ0n) is 16.4. The molecule has 2 aromatic rings.